The molecule has 178 valence electrons. The van der Waals surface area contributed by atoms with E-state index in [1.54, 1.807) is 23.8 Å². The number of thiazole rings is 1. The lowest BCUT2D eigenvalue weighted by atomic mass is 10.0. The number of carbonyl (C=O) groups excluding carboxylic acids is 2. The van der Waals surface area contributed by atoms with Crippen LogP contribution in [0.15, 0.2) is 37.6 Å². The van der Waals surface area contributed by atoms with Crippen LogP contribution in [0.2, 0.25) is 0 Å². The first kappa shape index (κ1) is 24.2. The predicted octanol–water partition coefficient (Wildman–Crippen LogP) is 1.28. The Morgan fingerprint density at radius 3 is 2.85 bits per heavy atom. The quantitative estimate of drug-likeness (QED) is 0.191. The number of allylic oxidation sites excluding steroid dienone is 1. The average Bonchev–Trinajstić information content (AvgIpc) is 3.42. The first-order chi connectivity index (χ1) is 16.3. The molecule has 1 fully saturated rings. The number of carbonyl (C=O) groups is 3. The second-order valence-electron chi connectivity index (χ2n) is 6.76. The lowest BCUT2D eigenvalue weighted by molar-refractivity contribution is -0.150. The highest BCUT2D eigenvalue weighted by molar-refractivity contribution is 8.03. The van der Waals surface area contributed by atoms with Gasteiger partial charge in [0.1, 0.15) is 35.7 Å². The van der Waals surface area contributed by atoms with Gasteiger partial charge in [0.15, 0.2) is 15.2 Å². The number of rotatable bonds is 8. The van der Waals surface area contributed by atoms with E-state index >= 15 is 0 Å². The Balaban J connectivity index is 1.49. The van der Waals surface area contributed by atoms with Crippen molar-refractivity contribution in [2.45, 2.75) is 22.7 Å². The minimum atomic E-state index is -1.22. The maximum absolute atomic E-state index is 12.9. The lowest BCUT2D eigenvalue weighted by Gasteiger charge is -2.49. The zero-order chi connectivity index (χ0) is 24.4. The SMILES string of the molecule is CON=C(C(=O)NC1C(=O)N2C(C(=O)O)=C(C=CSc3nc(C)ns3)CSC12)c1csc(N)n1. The molecule has 0 saturated carbocycles. The summed E-state index contributed by atoms with van der Waals surface area (Å²) in [5, 5.41) is 19.0. The molecule has 4 rings (SSSR count). The fraction of sp³-hybridized carbons (Fsp3) is 0.278. The van der Waals surface area contributed by atoms with E-state index in [-0.39, 0.29) is 22.2 Å². The number of aromatic nitrogens is 3. The maximum Gasteiger partial charge on any atom is 0.352 e. The van der Waals surface area contributed by atoms with E-state index < -0.39 is 29.2 Å². The molecular formula is C18H17N7O5S4. The van der Waals surface area contributed by atoms with E-state index in [9.17, 15) is 19.5 Å². The number of oxime groups is 1. The van der Waals surface area contributed by atoms with Gasteiger partial charge in [-0.1, -0.05) is 16.9 Å². The van der Waals surface area contributed by atoms with E-state index in [2.05, 4.69) is 24.8 Å². The third kappa shape index (κ3) is 4.79. The third-order valence-electron chi connectivity index (χ3n) is 4.60. The molecule has 2 aromatic heterocycles. The number of aliphatic carboxylic acids is 1. The highest BCUT2D eigenvalue weighted by atomic mass is 32.2. The van der Waals surface area contributed by atoms with Gasteiger partial charge in [0.05, 0.1) is 0 Å². The zero-order valence-corrected chi connectivity index (χ0v) is 20.9. The van der Waals surface area contributed by atoms with Crippen molar-refractivity contribution in [2.75, 3.05) is 18.6 Å². The molecule has 1 saturated heterocycles. The number of nitrogens with zero attached hydrogens (tertiary/aromatic N) is 5. The molecule has 2 amide bonds. The standard InChI is InChI=1S/C18H17N7O5S4/c1-7-20-18(34-24-7)31-4-3-8-5-32-15-11(14(27)25(15)12(8)16(28)29)22-13(26)10(23-30-2)9-6-33-17(19)21-9/h3-4,6,11,15H,5H2,1-2H3,(H2,19,21)(H,22,26)(H,28,29). The van der Waals surface area contributed by atoms with Crippen LogP contribution in [0.3, 0.4) is 0 Å². The van der Waals surface area contributed by atoms with Gasteiger partial charge < -0.3 is 21.0 Å². The molecule has 0 bridgehead atoms. The van der Waals surface area contributed by atoms with E-state index in [0.717, 1.165) is 15.7 Å². The predicted molar refractivity (Wildman–Crippen MR) is 129 cm³/mol. The average molecular weight is 540 g/mol. The molecule has 34 heavy (non-hydrogen) atoms. The number of carboxylic acids is 1. The van der Waals surface area contributed by atoms with E-state index in [4.69, 9.17) is 10.6 Å². The summed E-state index contributed by atoms with van der Waals surface area (Å²) in [4.78, 5) is 51.8. The van der Waals surface area contributed by atoms with Crippen LogP contribution in [0.25, 0.3) is 0 Å². The summed E-state index contributed by atoms with van der Waals surface area (Å²) in [6.07, 6.45) is 1.66. The summed E-state index contributed by atoms with van der Waals surface area (Å²) in [6.45, 7) is 1.79. The van der Waals surface area contributed by atoms with Gasteiger partial charge in [-0.25, -0.2) is 14.8 Å². The maximum atomic E-state index is 12.9. The summed E-state index contributed by atoms with van der Waals surface area (Å²) in [7, 11) is 1.28. The van der Waals surface area contributed by atoms with Gasteiger partial charge in [0.25, 0.3) is 11.8 Å². The fourth-order valence-electron chi connectivity index (χ4n) is 3.17. The first-order valence-electron chi connectivity index (χ1n) is 9.48. The number of amides is 2. The van der Waals surface area contributed by atoms with Gasteiger partial charge in [0, 0.05) is 11.1 Å². The van der Waals surface area contributed by atoms with Crippen LogP contribution in [-0.2, 0) is 19.2 Å². The number of anilines is 1. The van der Waals surface area contributed by atoms with Crippen LogP contribution in [0, 0.1) is 6.92 Å². The molecule has 2 unspecified atom stereocenters. The number of carboxylic acid groups (broad SMARTS) is 1. The van der Waals surface area contributed by atoms with Crippen molar-refractivity contribution in [3.63, 3.8) is 0 Å². The Morgan fingerprint density at radius 2 is 2.24 bits per heavy atom. The summed E-state index contributed by atoms with van der Waals surface area (Å²) in [5.41, 5.74) is 6.08. The lowest BCUT2D eigenvalue weighted by Crippen LogP contribution is -2.71. The Bertz CT molecular complexity index is 1240. The van der Waals surface area contributed by atoms with Gasteiger partial charge in [0.2, 0.25) is 0 Å². The minimum Gasteiger partial charge on any atom is -0.477 e. The van der Waals surface area contributed by atoms with Gasteiger partial charge in [-0.15, -0.1) is 23.1 Å². The number of β-lactam (4-membered cyclic amide) rings is 1. The number of nitrogen functional groups attached to an aromatic ring is 1. The molecule has 4 N–H and O–H groups in total. The summed E-state index contributed by atoms with van der Waals surface area (Å²) < 4.78 is 4.82. The molecular weight excluding hydrogens is 523 g/mol. The van der Waals surface area contributed by atoms with Gasteiger partial charge in [-0.05, 0) is 35.5 Å². The summed E-state index contributed by atoms with van der Waals surface area (Å²) >= 11 is 5.04. The van der Waals surface area contributed by atoms with Crippen LogP contribution >= 0.6 is 46.4 Å². The van der Waals surface area contributed by atoms with E-state index in [0.29, 0.717) is 17.2 Å². The normalized spacial score (nSPS) is 20.4. The van der Waals surface area contributed by atoms with E-state index in [1.165, 1.54) is 47.1 Å². The number of thioether (sulfide) groups is 2. The highest BCUT2D eigenvalue weighted by Crippen LogP contribution is 2.41. The highest BCUT2D eigenvalue weighted by Gasteiger charge is 2.54. The van der Waals surface area contributed by atoms with Crippen molar-refractivity contribution < 1.29 is 24.3 Å². The third-order valence-corrected chi connectivity index (χ3v) is 8.25. The second kappa shape index (κ2) is 10.1. The first-order valence-corrected chi connectivity index (χ1v) is 13.1. The number of fused-ring (bicyclic) bond motifs is 1. The van der Waals surface area contributed by atoms with Gasteiger partial charge >= 0.3 is 5.97 Å². The van der Waals surface area contributed by atoms with Crippen molar-refractivity contribution in [2.24, 2.45) is 5.16 Å². The molecule has 12 nitrogen and oxygen atoms in total. The van der Waals surface area contributed by atoms with Gasteiger partial charge in [-0.3, -0.25) is 14.5 Å². The minimum absolute atomic E-state index is 0.109. The second-order valence-corrected chi connectivity index (χ2v) is 10.7. The smallest absolute Gasteiger partial charge is 0.352 e. The molecule has 0 spiro atoms. The monoisotopic (exact) mass is 539 g/mol. The number of nitrogens with two attached hydrogens (primary N) is 1. The van der Waals surface area contributed by atoms with E-state index in [1.807, 2.05) is 0 Å². The molecule has 2 aliphatic rings. The largest absolute Gasteiger partial charge is 0.477 e. The number of hydrogen-bond donors (Lipinski definition) is 3. The number of nitrogens with one attached hydrogen (secondary N) is 1. The molecule has 0 aromatic carbocycles. The van der Waals surface area contributed by atoms with Crippen LogP contribution in [0.4, 0.5) is 5.13 Å². The Hall–Kier alpha value is -2.95. The number of hydrogen-bond acceptors (Lipinski definition) is 13. The molecule has 2 aliphatic heterocycles. The molecule has 2 aromatic rings. The van der Waals surface area contributed by atoms with Crippen LogP contribution < -0.4 is 11.1 Å². The molecule has 16 heteroatoms. The Labute approximate surface area is 209 Å². The van der Waals surface area contributed by atoms with Gasteiger partial charge in [-0.2, -0.15) is 4.37 Å². The Kier molecular flexibility index (Phi) is 7.20. The number of aryl methyl sites for hydroxylation is 1. The zero-order valence-electron chi connectivity index (χ0n) is 17.6. The fourth-order valence-corrected chi connectivity index (χ4v) is 6.45. The van der Waals surface area contributed by atoms with Crippen molar-refractivity contribution in [3.05, 3.63) is 39.7 Å². The van der Waals surface area contributed by atoms with Crippen molar-refractivity contribution in [3.8, 4) is 0 Å². The molecule has 4 heterocycles. The van der Waals surface area contributed by atoms with Crippen molar-refractivity contribution >= 4 is 75.0 Å². The molecule has 0 radical (unpaired) electrons. The van der Waals surface area contributed by atoms with Crippen LogP contribution in [0.5, 0.6) is 0 Å². The van der Waals surface area contributed by atoms with Crippen molar-refractivity contribution in [1.29, 1.82) is 0 Å². The molecule has 0 aliphatic carbocycles. The van der Waals surface area contributed by atoms with Crippen LogP contribution in [0.1, 0.15) is 11.5 Å². The summed E-state index contributed by atoms with van der Waals surface area (Å²) in [6, 6.07) is -0.922. The Morgan fingerprint density at radius 1 is 1.44 bits per heavy atom. The topological polar surface area (TPSA) is 173 Å². The van der Waals surface area contributed by atoms with Crippen molar-refractivity contribution in [1.82, 2.24) is 24.6 Å². The summed E-state index contributed by atoms with van der Waals surface area (Å²) in [5.74, 6) is -1.43. The van der Waals surface area contributed by atoms with Crippen LogP contribution in [-0.4, -0.2) is 72.1 Å². The molecule has 2 atom stereocenters.